The highest BCUT2D eigenvalue weighted by Crippen LogP contribution is 2.53. The molecule has 1 aromatic heterocycles. The van der Waals surface area contributed by atoms with Crippen LogP contribution in [0.15, 0.2) is 36.4 Å². The zero-order valence-corrected chi connectivity index (χ0v) is 27.4. The van der Waals surface area contributed by atoms with Gasteiger partial charge in [-0.3, -0.25) is 4.98 Å². The number of fused-ring (bicyclic) bond motifs is 1. The van der Waals surface area contributed by atoms with E-state index in [0.717, 1.165) is 86.0 Å². The molecule has 0 amide bonds. The zero-order chi connectivity index (χ0) is 30.7. The number of aliphatic hydroxyl groups is 1. The first kappa shape index (κ1) is 31.5. The highest BCUT2D eigenvalue weighted by atomic mass is 28.4. The molecule has 2 aromatic rings. The summed E-state index contributed by atoms with van der Waals surface area (Å²) in [5.41, 5.74) is 4.94. The van der Waals surface area contributed by atoms with Crippen LogP contribution in [0.2, 0.25) is 18.1 Å². The molecule has 0 spiro atoms. The van der Waals surface area contributed by atoms with Gasteiger partial charge in [-0.15, -0.1) is 0 Å². The van der Waals surface area contributed by atoms with Crippen molar-refractivity contribution in [2.45, 2.75) is 134 Å². The van der Waals surface area contributed by atoms with Crippen LogP contribution >= 0.6 is 0 Å². The van der Waals surface area contributed by atoms with Gasteiger partial charge in [-0.05, 0) is 91.2 Å². The van der Waals surface area contributed by atoms with Gasteiger partial charge in [0.05, 0.1) is 17.4 Å². The van der Waals surface area contributed by atoms with Crippen molar-refractivity contribution in [1.82, 2.24) is 4.98 Å². The predicted octanol–water partition coefficient (Wildman–Crippen LogP) is 10.3. The molecule has 0 aliphatic heterocycles. The number of alkyl halides is 3. The van der Waals surface area contributed by atoms with Gasteiger partial charge in [0.1, 0.15) is 6.10 Å². The Morgan fingerprint density at radius 1 is 1.00 bits per heavy atom. The minimum atomic E-state index is -4.42. The molecule has 0 radical (unpaired) electrons. The summed E-state index contributed by atoms with van der Waals surface area (Å²) in [6.07, 6.45) is 6.74. The average Bonchev–Trinajstić information content (AvgIpc) is 3.60. The van der Waals surface area contributed by atoms with Gasteiger partial charge in [-0.1, -0.05) is 71.7 Å². The van der Waals surface area contributed by atoms with Crippen LogP contribution in [0.4, 0.5) is 13.2 Å². The summed E-state index contributed by atoms with van der Waals surface area (Å²) < 4.78 is 47.5. The molecular formula is C35H48F3NO2Si. The van der Waals surface area contributed by atoms with E-state index in [2.05, 4.69) is 59.9 Å². The number of nitrogens with zero attached hydrogens (tertiary/aromatic N) is 1. The standard InChI is InChI=1S/C35H48F3NO2Si/c1-33(2,3)42(6,7)41-27-21-34(4,5)20-26-29(27)28(22-12-8-9-13-22)30(31(39-26)23-14-10-11-15-23)32(40)24-16-18-25(19-17-24)35(36,37)38/h10,14,16-19,22-23,27,32,40H,8-9,11-13,15,20-21H2,1-7H3. The maximum absolute atomic E-state index is 13.4. The Balaban J connectivity index is 1.75. The van der Waals surface area contributed by atoms with Crippen molar-refractivity contribution in [2.75, 3.05) is 0 Å². The van der Waals surface area contributed by atoms with Gasteiger partial charge in [-0.2, -0.15) is 13.2 Å². The molecule has 42 heavy (non-hydrogen) atoms. The third-order valence-corrected chi connectivity index (χ3v) is 14.8. The smallest absolute Gasteiger partial charge is 0.410 e. The van der Waals surface area contributed by atoms with Crippen molar-refractivity contribution in [3.63, 3.8) is 0 Å². The number of rotatable bonds is 6. The average molecular weight is 600 g/mol. The molecule has 0 bridgehead atoms. The normalized spacial score (nSPS) is 23.8. The van der Waals surface area contributed by atoms with Gasteiger partial charge in [0.25, 0.3) is 0 Å². The molecule has 1 fully saturated rings. The maximum atomic E-state index is 13.4. The number of halogens is 3. The third kappa shape index (κ3) is 6.16. The van der Waals surface area contributed by atoms with E-state index in [9.17, 15) is 18.3 Å². The van der Waals surface area contributed by atoms with Gasteiger partial charge < -0.3 is 9.53 Å². The summed E-state index contributed by atoms with van der Waals surface area (Å²) >= 11 is 0. The molecule has 1 N–H and O–H groups in total. The fraction of sp³-hybridized carbons (Fsp3) is 0.629. The highest BCUT2D eigenvalue weighted by molar-refractivity contribution is 6.74. The first-order chi connectivity index (χ1) is 19.5. The first-order valence-electron chi connectivity index (χ1n) is 15.7. The summed E-state index contributed by atoms with van der Waals surface area (Å²) in [6, 6.07) is 5.04. The summed E-state index contributed by atoms with van der Waals surface area (Å²) in [7, 11) is -2.17. The van der Waals surface area contributed by atoms with Gasteiger partial charge >= 0.3 is 6.18 Å². The van der Waals surface area contributed by atoms with Crippen molar-refractivity contribution in [3.05, 3.63) is 75.6 Å². The van der Waals surface area contributed by atoms with Crippen molar-refractivity contribution in [3.8, 4) is 0 Å². The molecule has 0 saturated heterocycles. The minimum Gasteiger partial charge on any atom is -0.410 e. The zero-order valence-electron chi connectivity index (χ0n) is 26.4. The minimum absolute atomic E-state index is 0.0102. The fourth-order valence-corrected chi connectivity index (χ4v) is 8.33. The summed E-state index contributed by atoms with van der Waals surface area (Å²) in [5.74, 6) is 0.357. The maximum Gasteiger partial charge on any atom is 0.416 e. The lowest BCUT2D eigenvalue weighted by atomic mass is 9.70. The van der Waals surface area contributed by atoms with Gasteiger partial charge in [-0.25, -0.2) is 0 Å². The summed E-state index contributed by atoms with van der Waals surface area (Å²) in [6.45, 7) is 16.0. The Morgan fingerprint density at radius 3 is 2.19 bits per heavy atom. The topological polar surface area (TPSA) is 42.4 Å². The number of hydrogen-bond acceptors (Lipinski definition) is 3. The first-order valence-corrected chi connectivity index (χ1v) is 18.7. The predicted molar refractivity (Wildman–Crippen MR) is 165 cm³/mol. The summed E-state index contributed by atoms with van der Waals surface area (Å²) in [5, 5.41) is 12.2. The molecule has 7 heteroatoms. The van der Waals surface area contributed by atoms with Crippen LogP contribution in [0, 0.1) is 5.41 Å². The van der Waals surface area contributed by atoms with Crippen molar-refractivity contribution in [2.24, 2.45) is 5.41 Å². The molecule has 3 unspecified atom stereocenters. The van der Waals surface area contributed by atoms with E-state index in [0.29, 0.717) is 5.56 Å². The van der Waals surface area contributed by atoms with Gasteiger partial charge in [0.15, 0.2) is 8.32 Å². The van der Waals surface area contributed by atoms with Crippen LogP contribution in [-0.2, 0) is 17.0 Å². The van der Waals surface area contributed by atoms with E-state index in [1.165, 1.54) is 17.7 Å². The van der Waals surface area contributed by atoms with E-state index in [4.69, 9.17) is 9.41 Å². The lowest BCUT2D eigenvalue weighted by molar-refractivity contribution is -0.137. The SMILES string of the molecule is CC1(C)Cc2nc(C3C=CCC3)c(C(O)c3ccc(C(F)(F)F)cc3)c(C3CCCC3)c2C(O[Si](C)(C)C(C)(C)C)C1. The Bertz CT molecular complexity index is 1320. The molecule has 1 saturated carbocycles. The summed E-state index contributed by atoms with van der Waals surface area (Å²) in [4.78, 5) is 5.41. The second-order valence-corrected chi connectivity index (χ2v) is 20.0. The number of aliphatic hydroxyl groups excluding tert-OH is 1. The third-order valence-electron chi connectivity index (χ3n) is 10.3. The fourth-order valence-electron chi connectivity index (χ4n) is 7.07. The number of aromatic nitrogens is 1. The molecule has 3 aliphatic carbocycles. The van der Waals surface area contributed by atoms with Crippen LogP contribution in [0.5, 0.6) is 0 Å². The number of pyridine rings is 1. The largest absolute Gasteiger partial charge is 0.416 e. The van der Waals surface area contributed by atoms with E-state index >= 15 is 0 Å². The molecule has 3 aliphatic rings. The van der Waals surface area contributed by atoms with Crippen molar-refractivity contribution >= 4 is 8.32 Å². The Morgan fingerprint density at radius 2 is 1.64 bits per heavy atom. The lowest BCUT2D eigenvalue weighted by Crippen LogP contribution is -2.44. The molecular weight excluding hydrogens is 551 g/mol. The molecule has 1 heterocycles. The van der Waals surface area contributed by atoms with Crippen molar-refractivity contribution < 1.29 is 22.7 Å². The van der Waals surface area contributed by atoms with Crippen LogP contribution in [0.25, 0.3) is 0 Å². The van der Waals surface area contributed by atoms with Crippen LogP contribution in [0.1, 0.15) is 143 Å². The number of benzene rings is 1. The van der Waals surface area contributed by atoms with Gasteiger partial charge in [0, 0.05) is 22.7 Å². The highest BCUT2D eigenvalue weighted by Gasteiger charge is 2.46. The molecule has 5 rings (SSSR count). The molecule has 1 aromatic carbocycles. The quantitative estimate of drug-likeness (QED) is 0.265. The van der Waals surface area contributed by atoms with Crippen LogP contribution < -0.4 is 0 Å². The number of allylic oxidation sites excluding steroid dienone is 2. The molecule has 3 nitrogen and oxygen atoms in total. The second kappa shape index (κ2) is 11.2. The van der Waals surface area contributed by atoms with E-state index in [1.54, 1.807) is 0 Å². The number of hydrogen-bond donors (Lipinski definition) is 1. The Labute approximate surface area is 251 Å². The van der Waals surface area contributed by atoms with Crippen LogP contribution in [-0.4, -0.2) is 18.4 Å². The monoisotopic (exact) mass is 599 g/mol. The Hall–Kier alpha value is -1.96. The van der Waals surface area contributed by atoms with Crippen molar-refractivity contribution in [1.29, 1.82) is 0 Å². The van der Waals surface area contributed by atoms with E-state index in [1.807, 2.05) is 0 Å². The second-order valence-electron chi connectivity index (χ2n) is 15.2. The lowest BCUT2D eigenvalue weighted by Gasteiger charge is -2.45. The molecule has 3 atom stereocenters. The van der Waals surface area contributed by atoms with E-state index < -0.39 is 26.2 Å². The Kier molecular flexibility index (Phi) is 8.38. The van der Waals surface area contributed by atoms with E-state index in [-0.39, 0.29) is 28.4 Å². The van der Waals surface area contributed by atoms with Gasteiger partial charge in [0.2, 0.25) is 0 Å². The molecule has 230 valence electrons. The van der Waals surface area contributed by atoms with Crippen LogP contribution in [0.3, 0.4) is 0 Å².